The van der Waals surface area contributed by atoms with Gasteiger partial charge in [0.25, 0.3) is 0 Å². The third kappa shape index (κ3) is 4.39. The van der Waals surface area contributed by atoms with Crippen molar-refractivity contribution in [1.29, 1.82) is 0 Å². The van der Waals surface area contributed by atoms with Crippen LogP contribution in [0.3, 0.4) is 0 Å². The standard InChI is InChI=1S/C16H28N2O2/c1-11(2)15(17)8-9-18(4)12(3)14-10-13(20-5)6-7-16(14)19/h6-7,10-12,15,19H,8-9,17H2,1-5H3. The number of hydrogen-bond acceptors (Lipinski definition) is 4. The van der Waals surface area contributed by atoms with E-state index in [1.54, 1.807) is 19.2 Å². The van der Waals surface area contributed by atoms with Gasteiger partial charge in [0.1, 0.15) is 11.5 Å². The van der Waals surface area contributed by atoms with E-state index >= 15 is 0 Å². The van der Waals surface area contributed by atoms with E-state index in [9.17, 15) is 5.11 Å². The lowest BCUT2D eigenvalue weighted by Crippen LogP contribution is -2.33. The highest BCUT2D eigenvalue weighted by Crippen LogP contribution is 2.31. The summed E-state index contributed by atoms with van der Waals surface area (Å²) in [6, 6.07) is 5.66. The predicted octanol–water partition coefficient (Wildman–Crippen LogP) is 2.77. The molecule has 0 heterocycles. The van der Waals surface area contributed by atoms with Crippen molar-refractivity contribution in [2.24, 2.45) is 11.7 Å². The van der Waals surface area contributed by atoms with E-state index in [1.165, 1.54) is 0 Å². The lowest BCUT2D eigenvalue weighted by Gasteiger charge is -2.27. The van der Waals surface area contributed by atoms with Crippen LogP contribution in [0.1, 0.15) is 38.8 Å². The summed E-state index contributed by atoms with van der Waals surface area (Å²) in [6.45, 7) is 7.26. The first-order valence-electron chi connectivity index (χ1n) is 7.19. The first-order chi connectivity index (χ1) is 9.36. The summed E-state index contributed by atoms with van der Waals surface area (Å²) in [7, 11) is 3.68. The van der Waals surface area contributed by atoms with E-state index in [0.717, 1.165) is 24.3 Å². The van der Waals surface area contributed by atoms with Crippen LogP contribution in [0.2, 0.25) is 0 Å². The van der Waals surface area contributed by atoms with Crippen LogP contribution in [0.25, 0.3) is 0 Å². The minimum atomic E-state index is 0.115. The first kappa shape index (κ1) is 16.8. The number of nitrogens with two attached hydrogens (primary N) is 1. The molecule has 1 rings (SSSR count). The Kier molecular flexibility index (Phi) is 6.30. The molecule has 0 spiro atoms. The van der Waals surface area contributed by atoms with Crippen molar-refractivity contribution in [2.75, 3.05) is 20.7 Å². The molecule has 4 heteroatoms. The zero-order valence-corrected chi connectivity index (χ0v) is 13.3. The Labute approximate surface area is 122 Å². The molecule has 20 heavy (non-hydrogen) atoms. The maximum atomic E-state index is 10.0. The van der Waals surface area contributed by atoms with E-state index in [-0.39, 0.29) is 12.1 Å². The Morgan fingerprint density at radius 1 is 1.30 bits per heavy atom. The van der Waals surface area contributed by atoms with Crippen LogP contribution in [0.15, 0.2) is 18.2 Å². The SMILES string of the molecule is COc1ccc(O)c(C(C)N(C)CCC(N)C(C)C)c1. The fourth-order valence-electron chi connectivity index (χ4n) is 2.11. The summed E-state index contributed by atoms with van der Waals surface area (Å²) in [5.74, 6) is 1.55. The van der Waals surface area contributed by atoms with Crippen LogP contribution in [-0.2, 0) is 0 Å². The highest BCUT2D eigenvalue weighted by atomic mass is 16.5. The average Bonchev–Trinajstić information content (AvgIpc) is 2.43. The molecule has 0 aromatic heterocycles. The molecule has 3 N–H and O–H groups in total. The van der Waals surface area contributed by atoms with Crippen molar-refractivity contribution in [3.05, 3.63) is 23.8 Å². The van der Waals surface area contributed by atoms with Crippen LogP contribution in [0.5, 0.6) is 11.5 Å². The van der Waals surface area contributed by atoms with Crippen LogP contribution in [0.4, 0.5) is 0 Å². The third-order valence-electron chi connectivity index (χ3n) is 4.02. The summed E-state index contributed by atoms with van der Waals surface area (Å²) in [5.41, 5.74) is 6.96. The molecule has 2 unspecified atom stereocenters. The minimum absolute atomic E-state index is 0.115. The van der Waals surface area contributed by atoms with Crippen LogP contribution in [-0.4, -0.2) is 36.8 Å². The largest absolute Gasteiger partial charge is 0.508 e. The Balaban J connectivity index is 2.71. The summed E-state index contributed by atoms with van der Waals surface area (Å²) in [5, 5.41) is 10.0. The molecule has 0 saturated heterocycles. The van der Waals surface area contributed by atoms with E-state index in [0.29, 0.717) is 11.7 Å². The third-order valence-corrected chi connectivity index (χ3v) is 4.02. The molecule has 0 aliphatic rings. The summed E-state index contributed by atoms with van der Waals surface area (Å²) in [4.78, 5) is 2.21. The van der Waals surface area contributed by atoms with Gasteiger partial charge in [-0.05, 0) is 51.1 Å². The van der Waals surface area contributed by atoms with Gasteiger partial charge < -0.3 is 15.6 Å². The number of aromatic hydroxyl groups is 1. The zero-order chi connectivity index (χ0) is 15.3. The van der Waals surface area contributed by atoms with Crippen LogP contribution >= 0.6 is 0 Å². The van der Waals surface area contributed by atoms with Crippen molar-refractivity contribution >= 4 is 0 Å². The second-order valence-corrected chi connectivity index (χ2v) is 5.78. The maximum absolute atomic E-state index is 10.0. The van der Waals surface area contributed by atoms with Gasteiger partial charge in [-0.3, -0.25) is 4.90 Å². The van der Waals surface area contributed by atoms with Crippen molar-refractivity contribution in [3.63, 3.8) is 0 Å². The van der Waals surface area contributed by atoms with Gasteiger partial charge in [-0.2, -0.15) is 0 Å². The summed E-state index contributed by atoms with van der Waals surface area (Å²) < 4.78 is 5.22. The van der Waals surface area contributed by atoms with Crippen molar-refractivity contribution < 1.29 is 9.84 Å². The molecule has 1 aromatic carbocycles. The molecule has 0 aliphatic carbocycles. The fourth-order valence-corrected chi connectivity index (χ4v) is 2.11. The van der Waals surface area contributed by atoms with Gasteiger partial charge in [0.05, 0.1) is 7.11 Å². The fraction of sp³-hybridized carbons (Fsp3) is 0.625. The molecular weight excluding hydrogens is 252 g/mol. The Morgan fingerprint density at radius 3 is 2.50 bits per heavy atom. The molecule has 114 valence electrons. The highest BCUT2D eigenvalue weighted by Gasteiger charge is 2.17. The first-order valence-corrected chi connectivity index (χ1v) is 7.19. The zero-order valence-electron chi connectivity index (χ0n) is 13.3. The van der Waals surface area contributed by atoms with E-state index in [1.807, 2.05) is 6.07 Å². The number of rotatable bonds is 7. The number of benzene rings is 1. The Hall–Kier alpha value is -1.26. The lowest BCUT2D eigenvalue weighted by molar-refractivity contribution is 0.239. The molecule has 4 nitrogen and oxygen atoms in total. The number of phenols is 1. The van der Waals surface area contributed by atoms with Crippen LogP contribution < -0.4 is 10.5 Å². The topological polar surface area (TPSA) is 58.7 Å². The molecular formula is C16H28N2O2. The van der Waals surface area contributed by atoms with Gasteiger partial charge in [0.15, 0.2) is 0 Å². The van der Waals surface area contributed by atoms with Gasteiger partial charge in [0.2, 0.25) is 0 Å². The number of hydrogen-bond donors (Lipinski definition) is 2. The monoisotopic (exact) mass is 280 g/mol. The molecule has 0 radical (unpaired) electrons. The second kappa shape index (κ2) is 7.50. The lowest BCUT2D eigenvalue weighted by atomic mass is 10.0. The predicted molar refractivity (Wildman–Crippen MR) is 83.1 cm³/mol. The van der Waals surface area contributed by atoms with Crippen molar-refractivity contribution in [2.45, 2.75) is 39.3 Å². The van der Waals surface area contributed by atoms with Gasteiger partial charge in [-0.25, -0.2) is 0 Å². The number of methoxy groups -OCH3 is 1. The maximum Gasteiger partial charge on any atom is 0.120 e. The van der Waals surface area contributed by atoms with E-state index < -0.39 is 0 Å². The number of nitrogens with zero attached hydrogens (tertiary/aromatic N) is 1. The molecule has 0 saturated carbocycles. The summed E-state index contributed by atoms with van der Waals surface area (Å²) in [6.07, 6.45) is 0.948. The molecule has 0 bridgehead atoms. The van der Waals surface area contributed by atoms with Crippen molar-refractivity contribution in [3.8, 4) is 11.5 Å². The Morgan fingerprint density at radius 2 is 1.95 bits per heavy atom. The molecule has 0 amide bonds. The second-order valence-electron chi connectivity index (χ2n) is 5.78. The number of ether oxygens (including phenoxy) is 1. The highest BCUT2D eigenvalue weighted by molar-refractivity contribution is 5.41. The average molecular weight is 280 g/mol. The van der Waals surface area contributed by atoms with E-state index in [4.69, 9.17) is 10.5 Å². The van der Waals surface area contributed by atoms with Gasteiger partial charge in [-0.1, -0.05) is 13.8 Å². The molecule has 0 aliphatic heterocycles. The summed E-state index contributed by atoms with van der Waals surface area (Å²) >= 11 is 0. The van der Waals surface area contributed by atoms with E-state index in [2.05, 4.69) is 32.7 Å². The quantitative estimate of drug-likeness (QED) is 0.806. The smallest absolute Gasteiger partial charge is 0.120 e. The van der Waals surface area contributed by atoms with Gasteiger partial charge >= 0.3 is 0 Å². The Bertz CT molecular complexity index is 421. The minimum Gasteiger partial charge on any atom is -0.508 e. The molecule has 1 aromatic rings. The van der Waals surface area contributed by atoms with Gasteiger partial charge in [0, 0.05) is 17.6 Å². The number of phenolic OH excluding ortho intramolecular Hbond substituents is 1. The normalized spacial score (nSPS) is 14.6. The van der Waals surface area contributed by atoms with Gasteiger partial charge in [-0.15, -0.1) is 0 Å². The molecule has 2 atom stereocenters. The molecule has 0 fully saturated rings. The van der Waals surface area contributed by atoms with Crippen LogP contribution in [0, 0.1) is 5.92 Å². The van der Waals surface area contributed by atoms with Crippen molar-refractivity contribution in [1.82, 2.24) is 4.90 Å².